The van der Waals surface area contributed by atoms with E-state index in [1.807, 2.05) is 48.5 Å². The van der Waals surface area contributed by atoms with Crippen molar-refractivity contribution in [2.45, 2.75) is 13.8 Å². The zero-order chi connectivity index (χ0) is 18.4. The minimum atomic E-state index is -0.190. The first-order valence-electron chi connectivity index (χ1n) is 8.94. The molecule has 0 saturated carbocycles. The first kappa shape index (κ1) is 18.0. The van der Waals surface area contributed by atoms with E-state index in [1.54, 1.807) is 0 Å². The van der Waals surface area contributed by atoms with Gasteiger partial charge in [0, 0.05) is 24.1 Å². The molecule has 0 fully saturated rings. The number of nitrogens with one attached hydrogen (secondary N) is 1. The van der Waals surface area contributed by atoms with Crippen molar-refractivity contribution in [1.82, 2.24) is 9.88 Å². The molecular formula is C21H24N2O3. The Morgan fingerprint density at radius 1 is 0.962 bits per heavy atom. The molecule has 26 heavy (non-hydrogen) atoms. The molecular weight excluding hydrogens is 328 g/mol. The van der Waals surface area contributed by atoms with Crippen molar-refractivity contribution >= 4 is 10.9 Å². The molecule has 0 bridgehead atoms. The van der Waals surface area contributed by atoms with E-state index in [1.165, 1.54) is 6.07 Å². The quantitative estimate of drug-likeness (QED) is 0.665. The summed E-state index contributed by atoms with van der Waals surface area (Å²) in [7, 11) is 0. The number of nitrogens with zero attached hydrogens (tertiary/aromatic N) is 1. The molecule has 0 amide bonds. The lowest BCUT2D eigenvalue weighted by Gasteiger charge is -2.18. The second kappa shape index (κ2) is 8.54. The molecule has 0 aliphatic heterocycles. The predicted octanol–water partition coefficient (Wildman–Crippen LogP) is 4.04. The van der Waals surface area contributed by atoms with Crippen LogP contribution in [0.3, 0.4) is 0 Å². The summed E-state index contributed by atoms with van der Waals surface area (Å²) in [5, 5.41) is 0.861. The van der Waals surface area contributed by atoms with Crippen LogP contribution in [0.2, 0.25) is 0 Å². The Kier molecular flexibility index (Phi) is 5.92. The topological polar surface area (TPSA) is 54.6 Å². The highest BCUT2D eigenvalue weighted by molar-refractivity contribution is 5.84. The summed E-state index contributed by atoms with van der Waals surface area (Å²) in [6.07, 6.45) is 0. The van der Waals surface area contributed by atoms with Gasteiger partial charge in [0.15, 0.2) is 0 Å². The van der Waals surface area contributed by atoms with Crippen molar-refractivity contribution < 1.29 is 9.47 Å². The van der Waals surface area contributed by atoms with E-state index in [4.69, 9.17) is 9.47 Å². The molecule has 0 radical (unpaired) electrons. The number of H-pyrrole nitrogens is 1. The number of benzene rings is 2. The van der Waals surface area contributed by atoms with E-state index in [0.717, 1.165) is 36.3 Å². The van der Waals surface area contributed by atoms with Crippen LogP contribution in [0.5, 0.6) is 17.2 Å². The number of hydrogen-bond acceptors (Lipinski definition) is 4. The van der Waals surface area contributed by atoms with Gasteiger partial charge in [0.25, 0.3) is 5.56 Å². The summed E-state index contributed by atoms with van der Waals surface area (Å²) < 4.78 is 11.8. The van der Waals surface area contributed by atoms with Gasteiger partial charge in [-0.25, -0.2) is 0 Å². The molecule has 1 heterocycles. The lowest BCUT2D eigenvalue weighted by atomic mass is 10.2. The fourth-order valence-electron chi connectivity index (χ4n) is 2.84. The standard InChI is InChI=1S/C21H24N2O3/c1-3-23(4-2)12-13-25-16-8-7-9-17(14-16)26-20-15-21(24)22-19-11-6-5-10-18(19)20/h5-11,14-15H,3-4,12-13H2,1-2H3,(H,22,24). The van der Waals surface area contributed by atoms with E-state index in [0.29, 0.717) is 18.1 Å². The first-order valence-corrected chi connectivity index (χ1v) is 8.94. The lowest BCUT2D eigenvalue weighted by molar-refractivity contribution is 0.222. The zero-order valence-electron chi connectivity index (χ0n) is 15.2. The molecule has 1 N–H and O–H groups in total. The van der Waals surface area contributed by atoms with E-state index in [9.17, 15) is 4.79 Å². The molecule has 0 spiro atoms. The molecule has 5 nitrogen and oxygen atoms in total. The second-order valence-electron chi connectivity index (χ2n) is 6.00. The maximum absolute atomic E-state index is 11.9. The van der Waals surface area contributed by atoms with E-state index < -0.39 is 0 Å². The number of ether oxygens (including phenoxy) is 2. The highest BCUT2D eigenvalue weighted by atomic mass is 16.5. The third kappa shape index (κ3) is 4.43. The van der Waals surface area contributed by atoms with Crippen LogP contribution in [0.4, 0.5) is 0 Å². The van der Waals surface area contributed by atoms with Gasteiger partial charge in [-0.3, -0.25) is 4.79 Å². The predicted molar refractivity (Wildman–Crippen MR) is 104 cm³/mol. The summed E-state index contributed by atoms with van der Waals surface area (Å²) in [6.45, 7) is 7.82. The SMILES string of the molecule is CCN(CC)CCOc1cccc(Oc2cc(=O)[nH]c3ccccc23)c1. The summed E-state index contributed by atoms with van der Waals surface area (Å²) in [5.41, 5.74) is 0.562. The average Bonchev–Trinajstić information content (AvgIpc) is 2.65. The van der Waals surface area contributed by atoms with Gasteiger partial charge in [0.2, 0.25) is 0 Å². The second-order valence-corrected chi connectivity index (χ2v) is 6.00. The number of rotatable bonds is 8. The normalized spacial score (nSPS) is 11.0. The number of likely N-dealkylation sites (N-methyl/N-ethyl adjacent to an activating group) is 1. The number of aromatic amines is 1. The molecule has 136 valence electrons. The number of hydrogen-bond donors (Lipinski definition) is 1. The Morgan fingerprint density at radius 2 is 1.73 bits per heavy atom. The van der Waals surface area contributed by atoms with Gasteiger partial charge in [-0.2, -0.15) is 0 Å². The maximum Gasteiger partial charge on any atom is 0.252 e. The zero-order valence-corrected chi connectivity index (χ0v) is 15.2. The molecule has 3 rings (SSSR count). The summed E-state index contributed by atoms with van der Waals surface area (Å²) in [5.74, 6) is 1.93. The van der Waals surface area contributed by atoms with Crippen LogP contribution < -0.4 is 15.0 Å². The Bertz CT molecular complexity index is 916. The Labute approximate surface area is 153 Å². The molecule has 2 aromatic carbocycles. The van der Waals surface area contributed by atoms with Crippen molar-refractivity contribution in [3.8, 4) is 17.2 Å². The van der Waals surface area contributed by atoms with Gasteiger partial charge in [0.1, 0.15) is 23.9 Å². The fraction of sp³-hybridized carbons (Fsp3) is 0.286. The van der Waals surface area contributed by atoms with Crippen LogP contribution in [0.15, 0.2) is 59.4 Å². The fourth-order valence-corrected chi connectivity index (χ4v) is 2.84. The average molecular weight is 352 g/mol. The number of fused-ring (bicyclic) bond motifs is 1. The molecule has 5 heteroatoms. The summed E-state index contributed by atoms with van der Waals surface area (Å²) in [4.78, 5) is 17.0. The smallest absolute Gasteiger partial charge is 0.252 e. The van der Waals surface area contributed by atoms with Crippen molar-refractivity contribution in [3.05, 3.63) is 65.0 Å². The number of aromatic nitrogens is 1. The Hall–Kier alpha value is -2.79. The van der Waals surface area contributed by atoms with E-state index >= 15 is 0 Å². The van der Waals surface area contributed by atoms with Crippen LogP contribution >= 0.6 is 0 Å². The minimum absolute atomic E-state index is 0.190. The monoisotopic (exact) mass is 352 g/mol. The molecule has 0 atom stereocenters. The largest absolute Gasteiger partial charge is 0.492 e. The van der Waals surface area contributed by atoms with Crippen molar-refractivity contribution in [1.29, 1.82) is 0 Å². The van der Waals surface area contributed by atoms with Crippen molar-refractivity contribution in [3.63, 3.8) is 0 Å². The Balaban J connectivity index is 1.74. The van der Waals surface area contributed by atoms with Crippen LogP contribution in [-0.2, 0) is 0 Å². The third-order valence-electron chi connectivity index (χ3n) is 4.32. The number of pyridine rings is 1. The number of para-hydroxylation sites is 1. The van der Waals surface area contributed by atoms with Gasteiger partial charge < -0.3 is 19.4 Å². The van der Waals surface area contributed by atoms with Gasteiger partial charge in [-0.05, 0) is 37.4 Å². The molecule has 0 aliphatic rings. The summed E-state index contributed by atoms with van der Waals surface area (Å²) in [6, 6.07) is 16.5. The van der Waals surface area contributed by atoms with Gasteiger partial charge in [-0.15, -0.1) is 0 Å². The Morgan fingerprint density at radius 3 is 2.54 bits per heavy atom. The van der Waals surface area contributed by atoms with Crippen molar-refractivity contribution in [2.24, 2.45) is 0 Å². The lowest BCUT2D eigenvalue weighted by Crippen LogP contribution is -2.27. The van der Waals surface area contributed by atoms with Gasteiger partial charge in [0.05, 0.1) is 5.52 Å². The molecule has 1 aromatic heterocycles. The molecule has 0 aliphatic carbocycles. The van der Waals surface area contributed by atoms with Crippen LogP contribution in [0, 0.1) is 0 Å². The molecule has 0 unspecified atom stereocenters. The van der Waals surface area contributed by atoms with Crippen LogP contribution in [-0.4, -0.2) is 36.1 Å². The first-order chi connectivity index (χ1) is 12.7. The van der Waals surface area contributed by atoms with E-state index in [-0.39, 0.29) is 5.56 Å². The molecule has 3 aromatic rings. The summed E-state index contributed by atoms with van der Waals surface area (Å²) >= 11 is 0. The van der Waals surface area contributed by atoms with Gasteiger partial charge >= 0.3 is 0 Å². The van der Waals surface area contributed by atoms with Gasteiger partial charge in [-0.1, -0.05) is 32.0 Å². The van der Waals surface area contributed by atoms with Crippen LogP contribution in [0.25, 0.3) is 10.9 Å². The van der Waals surface area contributed by atoms with Crippen LogP contribution in [0.1, 0.15) is 13.8 Å². The van der Waals surface area contributed by atoms with Crippen molar-refractivity contribution in [2.75, 3.05) is 26.2 Å². The maximum atomic E-state index is 11.9. The van der Waals surface area contributed by atoms with E-state index in [2.05, 4.69) is 23.7 Å². The highest BCUT2D eigenvalue weighted by Gasteiger charge is 2.07. The minimum Gasteiger partial charge on any atom is -0.492 e. The third-order valence-corrected chi connectivity index (χ3v) is 4.32. The highest BCUT2D eigenvalue weighted by Crippen LogP contribution is 2.29. The molecule has 0 saturated heterocycles.